The van der Waals surface area contributed by atoms with Gasteiger partial charge in [-0.15, -0.1) is 5.10 Å². The van der Waals surface area contributed by atoms with E-state index >= 15 is 0 Å². The topological polar surface area (TPSA) is 101 Å². The molecule has 2 aromatic rings. The Kier molecular flexibility index (Phi) is 5.50. The Morgan fingerprint density at radius 3 is 2.76 bits per heavy atom. The average molecular weight is 363 g/mol. The van der Waals surface area contributed by atoms with Gasteiger partial charge in [0.15, 0.2) is 0 Å². The van der Waals surface area contributed by atoms with Crippen LogP contribution in [0.5, 0.6) is 0 Å². The maximum atomic E-state index is 12.8. The van der Waals surface area contributed by atoms with Crippen molar-refractivity contribution >= 4 is 21.1 Å². The minimum Gasteiger partial charge on any atom is -0.395 e. The van der Waals surface area contributed by atoms with Gasteiger partial charge in [-0.05, 0) is 49.1 Å². The van der Waals surface area contributed by atoms with Gasteiger partial charge in [0.1, 0.15) is 17.6 Å². The normalized spacial score (nSPS) is 16.0. The lowest BCUT2D eigenvalue weighted by Gasteiger charge is -2.25. The summed E-state index contributed by atoms with van der Waals surface area (Å²) in [6.45, 7) is 1.52. The molecule has 0 unspecified atom stereocenters. The Balaban J connectivity index is 1.79. The highest BCUT2D eigenvalue weighted by molar-refractivity contribution is 7.89. The van der Waals surface area contributed by atoms with Gasteiger partial charge in [0.25, 0.3) is 0 Å². The van der Waals surface area contributed by atoms with Crippen LogP contribution in [0.25, 0.3) is 11.0 Å². The molecule has 0 bridgehead atoms. The van der Waals surface area contributed by atoms with Crippen LogP contribution in [0, 0.1) is 11.3 Å². The Labute approximate surface area is 147 Å². The van der Waals surface area contributed by atoms with Crippen molar-refractivity contribution < 1.29 is 13.3 Å². The molecule has 134 valence electrons. The van der Waals surface area contributed by atoms with Gasteiger partial charge in [0.2, 0.25) is 10.0 Å². The van der Waals surface area contributed by atoms with E-state index in [1.807, 2.05) is 0 Å². The Morgan fingerprint density at radius 1 is 1.20 bits per heavy atom. The van der Waals surface area contributed by atoms with Gasteiger partial charge in [-0.25, -0.2) is 8.42 Å². The number of nitriles is 1. The molecular formula is C16H21N5O3S. The number of unbranched alkanes of at least 4 members (excludes halogenated alkanes) is 2. The van der Waals surface area contributed by atoms with Gasteiger partial charge in [0, 0.05) is 19.5 Å². The van der Waals surface area contributed by atoms with E-state index in [2.05, 4.69) is 16.4 Å². The van der Waals surface area contributed by atoms with Crippen molar-refractivity contribution in [1.82, 2.24) is 19.5 Å². The van der Waals surface area contributed by atoms with Crippen molar-refractivity contribution in [3.63, 3.8) is 0 Å². The summed E-state index contributed by atoms with van der Waals surface area (Å²) in [6.07, 6.45) is 4.82. The van der Waals surface area contributed by atoms with E-state index in [0.29, 0.717) is 37.2 Å². The van der Waals surface area contributed by atoms with E-state index in [1.165, 1.54) is 9.15 Å². The number of hydrogen-bond donors (Lipinski definition) is 0. The molecule has 1 aliphatic rings. The van der Waals surface area contributed by atoms with Crippen LogP contribution in [0.1, 0.15) is 38.5 Å². The quantitative estimate of drug-likeness (QED) is 0.694. The monoisotopic (exact) mass is 363 g/mol. The maximum absolute atomic E-state index is 12.8. The summed E-state index contributed by atoms with van der Waals surface area (Å²) in [7, 11) is -3.51. The lowest BCUT2D eigenvalue weighted by molar-refractivity contribution is 0.0848. The lowest BCUT2D eigenvalue weighted by Crippen LogP contribution is -2.35. The molecule has 1 aliphatic heterocycles. The minimum atomic E-state index is -3.51. The third kappa shape index (κ3) is 3.91. The molecule has 25 heavy (non-hydrogen) atoms. The molecule has 1 fully saturated rings. The molecule has 1 aromatic carbocycles. The predicted molar refractivity (Wildman–Crippen MR) is 91.0 cm³/mol. The summed E-state index contributed by atoms with van der Waals surface area (Å²) < 4.78 is 27.1. The SMILES string of the molecule is N#CCCCCOn1nnc2ccc(S(=O)(=O)N3CCCCC3)cc21. The second kappa shape index (κ2) is 7.80. The van der Waals surface area contributed by atoms with Crippen molar-refractivity contribution in [3.05, 3.63) is 18.2 Å². The third-order valence-electron chi connectivity index (χ3n) is 4.24. The van der Waals surface area contributed by atoms with Crippen LogP contribution < -0.4 is 4.84 Å². The number of sulfonamides is 1. The van der Waals surface area contributed by atoms with Crippen LogP contribution in [0.2, 0.25) is 0 Å². The average Bonchev–Trinajstić information content (AvgIpc) is 3.04. The molecule has 0 N–H and O–H groups in total. The highest BCUT2D eigenvalue weighted by Gasteiger charge is 2.26. The molecule has 9 heteroatoms. The first-order valence-corrected chi connectivity index (χ1v) is 9.93. The smallest absolute Gasteiger partial charge is 0.243 e. The summed E-state index contributed by atoms with van der Waals surface area (Å²) in [4.78, 5) is 7.04. The molecule has 0 radical (unpaired) electrons. The van der Waals surface area contributed by atoms with Gasteiger partial charge < -0.3 is 4.84 Å². The molecule has 1 saturated heterocycles. The molecule has 3 rings (SSSR count). The van der Waals surface area contributed by atoms with E-state index < -0.39 is 10.0 Å². The van der Waals surface area contributed by atoms with Gasteiger partial charge in [-0.1, -0.05) is 11.3 Å². The summed E-state index contributed by atoms with van der Waals surface area (Å²) in [6, 6.07) is 6.86. The zero-order valence-electron chi connectivity index (χ0n) is 14.0. The Hall–Kier alpha value is -2.18. The van der Waals surface area contributed by atoms with Crippen LogP contribution in [-0.2, 0) is 10.0 Å². The van der Waals surface area contributed by atoms with Crippen LogP contribution in [0.15, 0.2) is 23.1 Å². The molecule has 1 aromatic heterocycles. The van der Waals surface area contributed by atoms with Crippen molar-refractivity contribution in [3.8, 4) is 6.07 Å². The van der Waals surface area contributed by atoms with Gasteiger partial charge >= 0.3 is 0 Å². The first-order chi connectivity index (χ1) is 12.1. The second-order valence-electron chi connectivity index (χ2n) is 6.03. The largest absolute Gasteiger partial charge is 0.395 e. The van der Waals surface area contributed by atoms with Gasteiger partial charge in [0.05, 0.1) is 11.0 Å². The lowest BCUT2D eigenvalue weighted by atomic mass is 10.2. The molecule has 0 aliphatic carbocycles. The molecule has 0 spiro atoms. The summed E-state index contributed by atoms with van der Waals surface area (Å²) >= 11 is 0. The highest BCUT2D eigenvalue weighted by Crippen LogP contribution is 2.23. The van der Waals surface area contributed by atoms with Crippen molar-refractivity contribution in [2.45, 2.75) is 43.4 Å². The fraction of sp³-hybridized carbons (Fsp3) is 0.562. The predicted octanol–water partition coefficient (Wildman–Crippen LogP) is 1.73. The number of rotatable bonds is 7. The number of fused-ring (bicyclic) bond motifs is 1. The van der Waals surface area contributed by atoms with Crippen molar-refractivity contribution in [2.24, 2.45) is 0 Å². The summed E-state index contributed by atoms with van der Waals surface area (Å²) in [5.41, 5.74) is 1.10. The first-order valence-electron chi connectivity index (χ1n) is 8.49. The van der Waals surface area contributed by atoms with Gasteiger partial charge in [-0.2, -0.15) is 9.57 Å². The fourth-order valence-corrected chi connectivity index (χ4v) is 4.38. The third-order valence-corrected chi connectivity index (χ3v) is 6.13. The van der Waals surface area contributed by atoms with Crippen LogP contribution in [0.3, 0.4) is 0 Å². The number of nitrogens with zero attached hydrogens (tertiary/aromatic N) is 5. The van der Waals surface area contributed by atoms with Crippen LogP contribution in [-0.4, -0.2) is 47.6 Å². The highest BCUT2D eigenvalue weighted by atomic mass is 32.2. The summed E-state index contributed by atoms with van der Waals surface area (Å²) in [5, 5.41) is 16.4. The van der Waals surface area contributed by atoms with Crippen molar-refractivity contribution in [2.75, 3.05) is 19.7 Å². The van der Waals surface area contributed by atoms with E-state index in [-0.39, 0.29) is 4.90 Å². The fourth-order valence-electron chi connectivity index (χ4n) is 2.85. The Bertz CT molecular complexity index is 866. The molecular weight excluding hydrogens is 342 g/mol. The van der Waals surface area contributed by atoms with Gasteiger partial charge in [-0.3, -0.25) is 0 Å². The first kappa shape index (κ1) is 17.6. The molecule has 0 amide bonds. The second-order valence-corrected chi connectivity index (χ2v) is 7.96. The van der Waals surface area contributed by atoms with Crippen LogP contribution >= 0.6 is 0 Å². The number of benzene rings is 1. The summed E-state index contributed by atoms with van der Waals surface area (Å²) in [5.74, 6) is 0. The molecule has 8 nitrogen and oxygen atoms in total. The zero-order valence-corrected chi connectivity index (χ0v) is 14.8. The molecule has 0 atom stereocenters. The number of aromatic nitrogens is 3. The molecule has 0 saturated carbocycles. The zero-order chi connectivity index (χ0) is 17.7. The standard InChI is InChI=1S/C16H21N5O3S/c17-9-3-1-6-12-24-21-16-13-14(7-8-15(16)18-19-21)25(22,23)20-10-4-2-5-11-20/h7-8,13H,1-6,10-12H2. The van der Waals surface area contributed by atoms with E-state index in [0.717, 1.165) is 32.1 Å². The Morgan fingerprint density at radius 2 is 2.00 bits per heavy atom. The maximum Gasteiger partial charge on any atom is 0.243 e. The van der Waals surface area contributed by atoms with Crippen molar-refractivity contribution in [1.29, 1.82) is 5.26 Å². The number of hydrogen-bond acceptors (Lipinski definition) is 6. The van der Waals surface area contributed by atoms with E-state index in [9.17, 15) is 8.42 Å². The number of piperidine rings is 1. The van der Waals surface area contributed by atoms with E-state index in [4.69, 9.17) is 10.1 Å². The molecule has 2 heterocycles. The van der Waals surface area contributed by atoms with E-state index in [1.54, 1.807) is 18.2 Å². The van der Waals surface area contributed by atoms with Crippen LogP contribution in [0.4, 0.5) is 0 Å². The minimum absolute atomic E-state index is 0.235.